The van der Waals surface area contributed by atoms with Crippen LogP contribution in [0.5, 0.6) is 5.75 Å². The molecule has 0 amide bonds. The molecule has 0 spiro atoms. The summed E-state index contributed by atoms with van der Waals surface area (Å²) < 4.78 is 10.2. The zero-order valence-electron chi connectivity index (χ0n) is 15.4. The molecule has 5 heteroatoms. The van der Waals surface area contributed by atoms with E-state index in [-0.39, 0.29) is 12.6 Å². The van der Waals surface area contributed by atoms with Crippen molar-refractivity contribution in [2.75, 3.05) is 0 Å². The second-order valence-corrected chi connectivity index (χ2v) is 6.24. The van der Waals surface area contributed by atoms with E-state index in [2.05, 4.69) is 0 Å². The van der Waals surface area contributed by atoms with Gasteiger partial charge in [0.25, 0.3) is 0 Å². The minimum absolute atomic E-state index is 0.115. The summed E-state index contributed by atoms with van der Waals surface area (Å²) in [5.41, 5.74) is 3.14. The van der Waals surface area contributed by atoms with Crippen molar-refractivity contribution in [2.45, 2.75) is 19.6 Å². The Morgan fingerprint density at radius 2 is 1.43 bits per heavy atom. The third kappa shape index (κ3) is 5.05. The summed E-state index contributed by atoms with van der Waals surface area (Å²) in [5, 5.41) is 10.2. The highest BCUT2D eigenvalue weighted by Crippen LogP contribution is 2.25. The number of aliphatic hydroxyl groups is 1. The number of aliphatic hydroxyl groups excluding tert-OH is 1. The molecule has 1 N–H and O–H groups in total. The highest BCUT2D eigenvalue weighted by Gasteiger charge is 2.19. The smallest absolute Gasteiger partial charge is 0.339 e. The van der Waals surface area contributed by atoms with E-state index in [0.717, 1.165) is 16.7 Å². The molecule has 1 atom stereocenters. The van der Waals surface area contributed by atoms with Gasteiger partial charge in [0.2, 0.25) is 0 Å². The maximum Gasteiger partial charge on any atom is 0.339 e. The molecule has 0 radical (unpaired) electrons. The number of carbonyl (C=O) groups excluding carboxylic acids is 2. The molecule has 1 unspecified atom stereocenters. The van der Waals surface area contributed by atoms with Gasteiger partial charge < -0.3 is 14.6 Å². The molecule has 5 nitrogen and oxygen atoms in total. The number of rotatable bonds is 6. The highest BCUT2D eigenvalue weighted by molar-refractivity contribution is 5.77. The van der Waals surface area contributed by atoms with Crippen LogP contribution in [-0.2, 0) is 20.9 Å². The van der Waals surface area contributed by atoms with Crippen LogP contribution in [0.15, 0.2) is 78.9 Å². The Kier molecular flexibility index (Phi) is 6.19. The molecule has 0 fully saturated rings. The summed E-state index contributed by atoms with van der Waals surface area (Å²) >= 11 is 0. The van der Waals surface area contributed by atoms with Crippen molar-refractivity contribution in [3.05, 3.63) is 90.0 Å². The Hall–Kier alpha value is -3.44. The maximum atomic E-state index is 12.1. The van der Waals surface area contributed by atoms with Gasteiger partial charge in [-0.25, -0.2) is 4.79 Å². The van der Waals surface area contributed by atoms with Crippen molar-refractivity contribution in [3.63, 3.8) is 0 Å². The summed E-state index contributed by atoms with van der Waals surface area (Å²) in [6.07, 6.45) is -1.34. The van der Waals surface area contributed by atoms with Gasteiger partial charge in [-0.3, -0.25) is 4.79 Å². The number of ether oxygens (including phenoxy) is 2. The summed E-state index contributed by atoms with van der Waals surface area (Å²) in [5.74, 6) is -0.586. The largest absolute Gasteiger partial charge is 0.459 e. The quantitative estimate of drug-likeness (QED) is 0.519. The van der Waals surface area contributed by atoms with Gasteiger partial charge in [0.1, 0.15) is 12.4 Å². The van der Waals surface area contributed by atoms with Gasteiger partial charge in [0.05, 0.1) is 0 Å². The van der Waals surface area contributed by atoms with Crippen LogP contribution in [0.1, 0.15) is 24.2 Å². The average Bonchev–Trinajstić information content (AvgIpc) is 2.72. The fourth-order valence-corrected chi connectivity index (χ4v) is 2.68. The van der Waals surface area contributed by atoms with E-state index in [9.17, 15) is 14.7 Å². The lowest BCUT2D eigenvalue weighted by Gasteiger charge is -2.12. The van der Waals surface area contributed by atoms with Crippen molar-refractivity contribution < 1.29 is 24.2 Å². The second kappa shape index (κ2) is 8.97. The molecule has 3 aromatic carbocycles. The molecular formula is C23H20O5. The van der Waals surface area contributed by atoms with E-state index in [4.69, 9.17) is 9.47 Å². The van der Waals surface area contributed by atoms with Crippen molar-refractivity contribution in [1.29, 1.82) is 0 Å². The van der Waals surface area contributed by atoms with Gasteiger partial charge in [0.15, 0.2) is 6.10 Å². The second-order valence-electron chi connectivity index (χ2n) is 6.24. The molecule has 0 saturated heterocycles. The predicted molar refractivity (Wildman–Crippen MR) is 104 cm³/mol. The molecule has 0 aromatic heterocycles. The summed E-state index contributed by atoms with van der Waals surface area (Å²) in [6.45, 7) is 1.46. The lowest BCUT2D eigenvalue weighted by molar-refractivity contribution is -0.155. The first-order valence-corrected chi connectivity index (χ1v) is 8.80. The Morgan fingerprint density at radius 3 is 2.00 bits per heavy atom. The van der Waals surface area contributed by atoms with Crippen molar-refractivity contribution in [2.24, 2.45) is 0 Å². The molecule has 3 rings (SSSR count). The van der Waals surface area contributed by atoms with Gasteiger partial charge in [0, 0.05) is 6.92 Å². The molecule has 142 valence electrons. The molecular weight excluding hydrogens is 356 g/mol. The van der Waals surface area contributed by atoms with Crippen molar-refractivity contribution in [3.8, 4) is 16.9 Å². The molecule has 0 aliphatic heterocycles. The first-order chi connectivity index (χ1) is 13.5. The number of hydrogen-bond acceptors (Lipinski definition) is 5. The predicted octanol–water partition coefficient (Wildman–Crippen LogP) is 4.06. The normalized spacial score (nSPS) is 11.5. The standard InChI is InChI=1S/C23H20O5/c1-16(24)28-21-13-11-19(12-14-21)18-7-9-20(10-8-18)22(25)23(26)27-15-17-5-3-2-4-6-17/h2-14,22,25H,15H2,1H3. The minimum atomic E-state index is -1.34. The number of esters is 2. The van der Waals surface area contributed by atoms with Crippen LogP contribution >= 0.6 is 0 Å². The Labute approximate surface area is 163 Å². The monoisotopic (exact) mass is 376 g/mol. The Morgan fingerprint density at radius 1 is 0.857 bits per heavy atom. The third-order valence-corrected chi connectivity index (χ3v) is 4.12. The summed E-state index contributed by atoms with van der Waals surface area (Å²) in [6, 6.07) is 23.4. The van der Waals surface area contributed by atoms with Crippen LogP contribution in [0.25, 0.3) is 11.1 Å². The Balaban J connectivity index is 1.62. The molecule has 3 aromatic rings. The third-order valence-electron chi connectivity index (χ3n) is 4.12. The van der Waals surface area contributed by atoms with Crippen LogP contribution in [0.4, 0.5) is 0 Å². The summed E-state index contributed by atoms with van der Waals surface area (Å²) in [7, 11) is 0. The molecule has 28 heavy (non-hydrogen) atoms. The highest BCUT2D eigenvalue weighted by atomic mass is 16.5. The van der Waals surface area contributed by atoms with Crippen LogP contribution in [0, 0.1) is 0 Å². The lowest BCUT2D eigenvalue weighted by atomic mass is 10.0. The molecule has 0 aliphatic rings. The number of hydrogen-bond donors (Lipinski definition) is 1. The van der Waals surface area contributed by atoms with Gasteiger partial charge >= 0.3 is 11.9 Å². The van der Waals surface area contributed by atoms with E-state index < -0.39 is 12.1 Å². The fourth-order valence-electron chi connectivity index (χ4n) is 2.68. The zero-order valence-corrected chi connectivity index (χ0v) is 15.4. The van der Waals surface area contributed by atoms with Gasteiger partial charge in [-0.15, -0.1) is 0 Å². The van der Waals surface area contributed by atoms with Gasteiger partial charge in [-0.05, 0) is 34.4 Å². The van der Waals surface area contributed by atoms with Gasteiger partial charge in [-0.1, -0.05) is 66.7 Å². The van der Waals surface area contributed by atoms with E-state index in [1.165, 1.54) is 6.92 Å². The average molecular weight is 376 g/mol. The number of carbonyl (C=O) groups is 2. The van der Waals surface area contributed by atoms with E-state index >= 15 is 0 Å². The summed E-state index contributed by atoms with van der Waals surface area (Å²) in [4.78, 5) is 23.1. The molecule has 0 heterocycles. The molecule has 0 aliphatic carbocycles. The van der Waals surface area contributed by atoms with E-state index in [0.29, 0.717) is 11.3 Å². The van der Waals surface area contributed by atoms with Crippen LogP contribution in [0.3, 0.4) is 0 Å². The van der Waals surface area contributed by atoms with E-state index in [1.807, 2.05) is 54.6 Å². The van der Waals surface area contributed by atoms with Crippen molar-refractivity contribution in [1.82, 2.24) is 0 Å². The fraction of sp³-hybridized carbons (Fsp3) is 0.130. The SMILES string of the molecule is CC(=O)Oc1ccc(-c2ccc(C(O)C(=O)OCc3ccccc3)cc2)cc1. The zero-order chi connectivity index (χ0) is 19.9. The minimum Gasteiger partial charge on any atom is -0.459 e. The van der Waals surface area contributed by atoms with Crippen molar-refractivity contribution >= 4 is 11.9 Å². The maximum absolute atomic E-state index is 12.1. The molecule has 0 bridgehead atoms. The molecule has 0 saturated carbocycles. The van der Waals surface area contributed by atoms with Gasteiger partial charge in [-0.2, -0.15) is 0 Å². The Bertz CT molecular complexity index is 931. The van der Waals surface area contributed by atoms with Crippen LogP contribution < -0.4 is 4.74 Å². The first-order valence-electron chi connectivity index (χ1n) is 8.80. The first kappa shape index (κ1) is 19.3. The van der Waals surface area contributed by atoms with Crippen LogP contribution in [0.2, 0.25) is 0 Å². The number of benzene rings is 3. The lowest BCUT2D eigenvalue weighted by Crippen LogP contribution is -2.15. The topological polar surface area (TPSA) is 72.8 Å². The van der Waals surface area contributed by atoms with Crippen LogP contribution in [-0.4, -0.2) is 17.0 Å². The van der Waals surface area contributed by atoms with E-state index in [1.54, 1.807) is 24.3 Å².